The van der Waals surface area contributed by atoms with Crippen molar-refractivity contribution in [2.75, 3.05) is 14.2 Å². The van der Waals surface area contributed by atoms with Crippen LogP contribution in [0.3, 0.4) is 0 Å². The molecular weight excluding hydrogens is 262 g/mol. The summed E-state index contributed by atoms with van der Waals surface area (Å²) in [7, 11) is 2.98. The molecule has 6 nitrogen and oxygen atoms in total. The number of benzene rings is 1. The minimum absolute atomic E-state index is 0.313. The van der Waals surface area contributed by atoms with Gasteiger partial charge in [-0.1, -0.05) is 6.92 Å². The highest BCUT2D eigenvalue weighted by molar-refractivity contribution is 5.98. The van der Waals surface area contributed by atoms with Crippen LogP contribution in [-0.2, 0) is 4.79 Å². The molecule has 0 saturated carbocycles. The summed E-state index contributed by atoms with van der Waals surface area (Å²) in [6.45, 7) is 3.44. The fourth-order valence-corrected chi connectivity index (χ4v) is 1.80. The van der Waals surface area contributed by atoms with Crippen LogP contribution in [0, 0.1) is 6.92 Å². The number of amides is 1. The molecule has 2 N–H and O–H groups in total. The summed E-state index contributed by atoms with van der Waals surface area (Å²) in [5, 5.41) is 11.4. The fourth-order valence-electron chi connectivity index (χ4n) is 1.80. The average Bonchev–Trinajstić information content (AvgIpc) is 2.43. The molecule has 20 heavy (non-hydrogen) atoms. The Kier molecular flexibility index (Phi) is 5.37. The van der Waals surface area contributed by atoms with E-state index in [1.165, 1.54) is 20.3 Å². The van der Waals surface area contributed by atoms with Crippen molar-refractivity contribution in [3.05, 3.63) is 23.3 Å². The van der Waals surface area contributed by atoms with Gasteiger partial charge in [-0.15, -0.1) is 0 Å². The molecule has 0 aliphatic heterocycles. The number of carbonyl (C=O) groups is 2. The first-order valence-corrected chi connectivity index (χ1v) is 6.20. The second-order valence-electron chi connectivity index (χ2n) is 4.29. The highest BCUT2D eigenvalue weighted by atomic mass is 16.5. The summed E-state index contributed by atoms with van der Waals surface area (Å²) in [6, 6.07) is 2.31. The Labute approximate surface area is 117 Å². The van der Waals surface area contributed by atoms with Crippen molar-refractivity contribution in [1.29, 1.82) is 0 Å². The van der Waals surface area contributed by atoms with E-state index >= 15 is 0 Å². The summed E-state index contributed by atoms with van der Waals surface area (Å²) >= 11 is 0. The minimum Gasteiger partial charge on any atom is -0.493 e. The molecule has 0 saturated heterocycles. The van der Waals surface area contributed by atoms with E-state index in [4.69, 9.17) is 14.6 Å². The van der Waals surface area contributed by atoms with Crippen LogP contribution in [-0.4, -0.2) is 37.2 Å². The van der Waals surface area contributed by atoms with Gasteiger partial charge in [0.2, 0.25) is 0 Å². The molecule has 0 spiro atoms. The molecule has 1 aromatic rings. The third-order valence-electron chi connectivity index (χ3n) is 2.99. The van der Waals surface area contributed by atoms with E-state index in [0.29, 0.717) is 29.0 Å². The highest BCUT2D eigenvalue weighted by Crippen LogP contribution is 2.30. The number of carbonyl (C=O) groups excluding carboxylic acids is 1. The smallest absolute Gasteiger partial charge is 0.326 e. The summed E-state index contributed by atoms with van der Waals surface area (Å²) in [5.74, 6) is -0.560. The van der Waals surface area contributed by atoms with Gasteiger partial charge in [-0.2, -0.15) is 0 Å². The first kappa shape index (κ1) is 15.8. The molecule has 0 bridgehead atoms. The third kappa shape index (κ3) is 3.40. The van der Waals surface area contributed by atoms with Gasteiger partial charge < -0.3 is 19.9 Å². The van der Waals surface area contributed by atoms with Crippen LogP contribution < -0.4 is 14.8 Å². The van der Waals surface area contributed by atoms with Crippen molar-refractivity contribution in [2.24, 2.45) is 0 Å². The van der Waals surface area contributed by atoms with Gasteiger partial charge in [0.15, 0.2) is 11.5 Å². The number of hydrogen-bond acceptors (Lipinski definition) is 4. The van der Waals surface area contributed by atoms with Crippen LogP contribution in [0.1, 0.15) is 29.3 Å². The normalized spacial score (nSPS) is 11.6. The van der Waals surface area contributed by atoms with E-state index in [1.807, 2.05) is 0 Å². The zero-order chi connectivity index (χ0) is 15.3. The van der Waals surface area contributed by atoms with Gasteiger partial charge in [-0.05, 0) is 31.0 Å². The van der Waals surface area contributed by atoms with E-state index in [9.17, 15) is 9.59 Å². The molecule has 1 unspecified atom stereocenters. The molecule has 1 atom stereocenters. The first-order valence-electron chi connectivity index (χ1n) is 6.20. The Morgan fingerprint density at radius 3 is 2.25 bits per heavy atom. The molecule has 1 amide bonds. The Bertz CT molecular complexity index is 513. The SMILES string of the molecule is CCC(NC(=O)c1cc(OC)c(OC)cc1C)C(=O)O. The van der Waals surface area contributed by atoms with Gasteiger partial charge in [0, 0.05) is 5.56 Å². The molecule has 0 aliphatic rings. The molecule has 0 aromatic heterocycles. The highest BCUT2D eigenvalue weighted by Gasteiger charge is 2.21. The van der Waals surface area contributed by atoms with Crippen LogP contribution in [0.15, 0.2) is 12.1 Å². The molecule has 0 radical (unpaired) electrons. The van der Waals surface area contributed by atoms with Crippen LogP contribution in [0.5, 0.6) is 11.5 Å². The molecule has 0 aliphatic carbocycles. The van der Waals surface area contributed by atoms with E-state index in [1.54, 1.807) is 19.9 Å². The van der Waals surface area contributed by atoms with E-state index in [2.05, 4.69) is 5.32 Å². The number of hydrogen-bond donors (Lipinski definition) is 2. The number of carboxylic acid groups (broad SMARTS) is 1. The molecular formula is C14H19NO5. The minimum atomic E-state index is -1.06. The van der Waals surface area contributed by atoms with Crippen molar-refractivity contribution in [3.8, 4) is 11.5 Å². The zero-order valence-corrected chi connectivity index (χ0v) is 12.0. The number of methoxy groups -OCH3 is 2. The van der Waals surface area contributed by atoms with E-state index in [-0.39, 0.29) is 0 Å². The lowest BCUT2D eigenvalue weighted by Crippen LogP contribution is -2.40. The maximum atomic E-state index is 12.1. The summed E-state index contributed by atoms with van der Waals surface area (Å²) in [6.07, 6.45) is 0.313. The fraction of sp³-hybridized carbons (Fsp3) is 0.429. The lowest BCUT2D eigenvalue weighted by atomic mass is 10.1. The van der Waals surface area contributed by atoms with Crippen LogP contribution in [0.25, 0.3) is 0 Å². The third-order valence-corrected chi connectivity index (χ3v) is 2.99. The quantitative estimate of drug-likeness (QED) is 0.827. The Morgan fingerprint density at radius 2 is 1.80 bits per heavy atom. The number of ether oxygens (including phenoxy) is 2. The molecule has 1 rings (SSSR count). The van der Waals surface area contributed by atoms with Gasteiger partial charge in [0.1, 0.15) is 6.04 Å². The van der Waals surface area contributed by atoms with Crippen molar-refractivity contribution in [1.82, 2.24) is 5.32 Å². The Hall–Kier alpha value is -2.24. The molecule has 110 valence electrons. The molecule has 6 heteroatoms. The second kappa shape index (κ2) is 6.79. The Morgan fingerprint density at radius 1 is 1.25 bits per heavy atom. The van der Waals surface area contributed by atoms with Crippen molar-refractivity contribution in [3.63, 3.8) is 0 Å². The lowest BCUT2D eigenvalue weighted by molar-refractivity contribution is -0.139. The predicted octanol–water partition coefficient (Wildman–Crippen LogP) is 1.61. The lowest BCUT2D eigenvalue weighted by Gasteiger charge is -2.15. The van der Waals surface area contributed by atoms with Crippen molar-refractivity contribution in [2.45, 2.75) is 26.3 Å². The maximum Gasteiger partial charge on any atom is 0.326 e. The van der Waals surface area contributed by atoms with Crippen molar-refractivity contribution >= 4 is 11.9 Å². The zero-order valence-electron chi connectivity index (χ0n) is 12.0. The standard InChI is InChI=1S/C14H19NO5/c1-5-10(14(17)18)15-13(16)9-7-12(20-4)11(19-3)6-8(9)2/h6-7,10H,5H2,1-4H3,(H,15,16)(H,17,18). The van der Waals surface area contributed by atoms with Crippen LogP contribution >= 0.6 is 0 Å². The molecule has 0 heterocycles. The largest absolute Gasteiger partial charge is 0.493 e. The average molecular weight is 281 g/mol. The number of aliphatic carboxylic acids is 1. The van der Waals surface area contributed by atoms with Gasteiger partial charge in [0.25, 0.3) is 5.91 Å². The number of carboxylic acids is 1. The number of nitrogens with one attached hydrogen (secondary N) is 1. The monoisotopic (exact) mass is 281 g/mol. The van der Waals surface area contributed by atoms with E-state index in [0.717, 1.165) is 0 Å². The molecule has 0 fully saturated rings. The van der Waals surface area contributed by atoms with Crippen LogP contribution in [0.2, 0.25) is 0 Å². The van der Waals surface area contributed by atoms with Crippen molar-refractivity contribution < 1.29 is 24.2 Å². The summed E-state index contributed by atoms with van der Waals surface area (Å²) in [5.41, 5.74) is 1.04. The van der Waals surface area contributed by atoms with Gasteiger partial charge in [-0.25, -0.2) is 4.79 Å². The first-order chi connectivity index (χ1) is 9.44. The Balaban J connectivity index is 3.07. The van der Waals surface area contributed by atoms with Gasteiger partial charge in [0.05, 0.1) is 14.2 Å². The van der Waals surface area contributed by atoms with Gasteiger partial charge in [-0.3, -0.25) is 4.79 Å². The van der Waals surface area contributed by atoms with E-state index < -0.39 is 17.9 Å². The topological polar surface area (TPSA) is 84.9 Å². The van der Waals surface area contributed by atoms with Crippen LogP contribution in [0.4, 0.5) is 0 Å². The number of rotatable bonds is 6. The predicted molar refractivity (Wildman–Crippen MR) is 73.5 cm³/mol. The molecule has 1 aromatic carbocycles. The summed E-state index contributed by atoms with van der Waals surface area (Å²) < 4.78 is 10.3. The maximum absolute atomic E-state index is 12.1. The number of aryl methyl sites for hydroxylation is 1. The van der Waals surface area contributed by atoms with Gasteiger partial charge >= 0.3 is 5.97 Å². The summed E-state index contributed by atoms with van der Waals surface area (Å²) in [4.78, 5) is 23.1. The second-order valence-corrected chi connectivity index (χ2v) is 4.29.